The lowest BCUT2D eigenvalue weighted by Gasteiger charge is -2.37. The number of benzene rings is 1. The summed E-state index contributed by atoms with van der Waals surface area (Å²) < 4.78 is 72.9. The molecule has 1 fully saturated rings. The van der Waals surface area contributed by atoms with E-state index < -0.39 is 33.5 Å². The van der Waals surface area contributed by atoms with Crippen LogP contribution in [0.2, 0.25) is 0 Å². The highest BCUT2D eigenvalue weighted by molar-refractivity contribution is 7.85. The number of rotatable bonds is 7. The summed E-state index contributed by atoms with van der Waals surface area (Å²) in [6.07, 6.45) is 1.64. The molecule has 2 amide bonds. The maximum Gasteiger partial charge on any atom is 0.329 e. The highest BCUT2D eigenvalue weighted by Gasteiger charge is 2.37. The first-order valence-electron chi connectivity index (χ1n) is 13.0. The van der Waals surface area contributed by atoms with Gasteiger partial charge in [-0.25, -0.2) is 18.6 Å². The van der Waals surface area contributed by atoms with Crippen LogP contribution in [0.15, 0.2) is 18.3 Å². The molecule has 2 aromatic heterocycles. The Morgan fingerprint density at radius 3 is 2.22 bits per heavy atom. The highest BCUT2D eigenvalue weighted by Crippen LogP contribution is 2.42. The van der Waals surface area contributed by atoms with Crippen LogP contribution < -0.4 is 19.3 Å². The van der Waals surface area contributed by atoms with Crippen molar-refractivity contribution in [2.24, 2.45) is 0 Å². The van der Waals surface area contributed by atoms with Crippen LogP contribution in [-0.2, 0) is 27.9 Å². The van der Waals surface area contributed by atoms with Crippen molar-refractivity contribution in [1.29, 1.82) is 0 Å². The second-order valence-electron chi connectivity index (χ2n) is 9.32. The summed E-state index contributed by atoms with van der Waals surface area (Å²) in [4.78, 5) is 26.3. The van der Waals surface area contributed by atoms with E-state index in [1.165, 1.54) is 26.0 Å². The van der Waals surface area contributed by atoms with Gasteiger partial charge in [-0.2, -0.15) is 8.42 Å². The van der Waals surface area contributed by atoms with Crippen LogP contribution >= 0.6 is 0 Å². The van der Waals surface area contributed by atoms with Crippen molar-refractivity contribution in [3.63, 3.8) is 0 Å². The van der Waals surface area contributed by atoms with Gasteiger partial charge in [0.15, 0.2) is 23.1 Å². The predicted octanol–water partition coefficient (Wildman–Crippen LogP) is 3.55. The molecule has 0 unspecified atom stereocenters. The zero-order valence-electron chi connectivity index (χ0n) is 23.2. The smallest absolute Gasteiger partial charge is 0.329 e. The lowest BCUT2D eigenvalue weighted by molar-refractivity contribution is 0.0337. The Hall–Kier alpha value is -3.53. The van der Waals surface area contributed by atoms with Gasteiger partial charge in [0.2, 0.25) is 0 Å². The number of aromatic nitrogens is 2. The van der Waals surface area contributed by atoms with Crippen LogP contribution in [0.25, 0.3) is 11.0 Å². The van der Waals surface area contributed by atoms with Gasteiger partial charge in [0.1, 0.15) is 11.3 Å². The molecule has 0 aliphatic carbocycles. The minimum Gasteiger partial charge on any atom is -0.493 e. The Labute approximate surface area is 236 Å². The average Bonchev–Trinajstić information content (AvgIpc) is 3.37. The summed E-state index contributed by atoms with van der Waals surface area (Å²) in [6, 6.07) is 2.57. The van der Waals surface area contributed by atoms with Crippen LogP contribution in [0.3, 0.4) is 0 Å². The summed E-state index contributed by atoms with van der Waals surface area (Å²) in [7, 11) is -1.12. The number of nitrogens with one attached hydrogen (secondary N) is 1. The van der Waals surface area contributed by atoms with Crippen LogP contribution in [-0.4, -0.2) is 86.7 Å². The third-order valence-electron chi connectivity index (χ3n) is 6.82. The van der Waals surface area contributed by atoms with Gasteiger partial charge in [-0.15, -0.1) is 0 Å². The maximum absolute atomic E-state index is 15.2. The minimum absolute atomic E-state index is 0.0538. The number of morpholine rings is 1. The number of halogens is 2. The van der Waals surface area contributed by atoms with Gasteiger partial charge in [-0.3, -0.25) is 19.3 Å². The van der Waals surface area contributed by atoms with Crippen molar-refractivity contribution < 1.29 is 40.8 Å². The Balaban J connectivity index is 0.000000585. The fourth-order valence-electron chi connectivity index (χ4n) is 4.73. The fourth-order valence-corrected chi connectivity index (χ4v) is 4.73. The van der Waals surface area contributed by atoms with Gasteiger partial charge in [0, 0.05) is 55.1 Å². The third kappa shape index (κ3) is 6.37. The van der Waals surface area contributed by atoms with E-state index in [0.29, 0.717) is 43.2 Å². The Kier molecular flexibility index (Phi) is 9.31. The van der Waals surface area contributed by atoms with E-state index >= 15 is 8.78 Å². The molecular formula is C26H33F2N5O7S. The molecule has 0 radical (unpaired) electrons. The van der Waals surface area contributed by atoms with Crippen molar-refractivity contribution in [3.8, 4) is 11.5 Å². The van der Waals surface area contributed by atoms with E-state index in [9.17, 15) is 13.2 Å². The molecule has 1 aromatic carbocycles. The summed E-state index contributed by atoms with van der Waals surface area (Å²) in [5.41, 5.74) is 2.49. The fraction of sp³-hybridized carbons (Fsp3) is 0.462. The third-order valence-corrected chi connectivity index (χ3v) is 7.55. The topological polar surface area (TPSA) is 138 Å². The van der Waals surface area contributed by atoms with Crippen LogP contribution in [0, 0.1) is 11.6 Å². The van der Waals surface area contributed by atoms with Gasteiger partial charge in [0.25, 0.3) is 10.1 Å². The van der Waals surface area contributed by atoms with Crippen molar-refractivity contribution in [2.45, 2.75) is 26.9 Å². The number of pyridine rings is 1. The van der Waals surface area contributed by atoms with Crippen LogP contribution in [0.4, 0.5) is 25.0 Å². The number of H-pyrrole nitrogens is 1. The maximum atomic E-state index is 15.2. The number of urea groups is 1. The Morgan fingerprint density at radius 2 is 1.68 bits per heavy atom. The van der Waals surface area contributed by atoms with Gasteiger partial charge in [-0.1, -0.05) is 0 Å². The van der Waals surface area contributed by atoms with Crippen molar-refractivity contribution in [2.75, 3.05) is 62.6 Å². The SMILES string of the molecule is CCN1C(=O)N(c2c(F)c(OC)cc(OC)c2F)Cc2cnc3[nH]c(CN4CCOCC4)cc3c21.CCS(=O)(=O)O. The summed E-state index contributed by atoms with van der Waals surface area (Å²) in [6.45, 7) is 7.23. The molecule has 0 atom stereocenters. The summed E-state index contributed by atoms with van der Waals surface area (Å²) in [5, 5.41) is 0.796. The number of aromatic amines is 1. The highest BCUT2D eigenvalue weighted by atomic mass is 32.2. The number of fused-ring (bicyclic) bond motifs is 3. The first-order valence-corrected chi connectivity index (χ1v) is 14.6. The molecule has 0 saturated carbocycles. The number of ether oxygens (including phenoxy) is 3. The quantitative estimate of drug-likeness (QED) is 0.392. The van der Waals surface area contributed by atoms with Crippen molar-refractivity contribution >= 4 is 38.6 Å². The molecular weight excluding hydrogens is 564 g/mol. The number of carbonyl (C=O) groups excluding carboxylic acids is 1. The van der Waals surface area contributed by atoms with E-state index in [1.807, 2.05) is 13.0 Å². The summed E-state index contributed by atoms with van der Waals surface area (Å²) in [5.74, 6) is -2.57. The zero-order valence-corrected chi connectivity index (χ0v) is 24.1. The standard InChI is InChI=1S/C24H27F2N5O4.C2H6O3S/c1-4-30-21-14(11-27-23-16(21)9-15(28-23)13-29-5-7-35-8-6-29)12-31(24(30)32)22-19(25)17(33-2)10-18(34-3)20(22)26;1-2-6(3,4)5/h9-11H,4-8,12-13H2,1-3H3,(H,27,28);2H2,1H3,(H,3,4,5). The molecule has 2 aliphatic heterocycles. The normalized spacial score (nSPS) is 15.9. The molecule has 3 aromatic rings. The molecule has 5 rings (SSSR count). The largest absolute Gasteiger partial charge is 0.493 e. The number of nitrogens with zero attached hydrogens (tertiary/aromatic N) is 4. The number of methoxy groups -OCH3 is 2. The molecule has 12 nitrogen and oxygen atoms in total. The minimum atomic E-state index is -3.66. The number of anilines is 2. The van der Waals surface area contributed by atoms with Crippen LogP contribution in [0.1, 0.15) is 25.1 Å². The molecule has 4 heterocycles. The average molecular weight is 598 g/mol. The van der Waals surface area contributed by atoms with E-state index in [2.05, 4.69) is 14.9 Å². The molecule has 0 bridgehead atoms. The van der Waals surface area contributed by atoms with Gasteiger partial charge >= 0.3 is 6.03 Å². The Bertz CT molecular complexity index is 1500. The number of hydrogen-bond acceptors (Lipinski definition) is 8. The second kappa shape index (κ2) is 12.5. The van der Waals surface area contributed by atoms with Crippen molar-refractivity contribution in [1.82, 2.24) is 14.9 Å². The van der Waals surface area contributed by atoms with E-state index in [-0.39, 0.29) is 23.8 Å². The molecule has 1 saturated heterocycles. The van der Waals surface area contributed by atoms with E-state index in [1.54, 1.807) is 6.20 Å². The van der Waals surface area contributed by atoms with Gasteiger partial charge < -0.3 is 19.2 Å². The first kappa shape index (κ1) is 30.4. The number of carbonyl (C=O) groups is 1. The van der Waals surface area contributed by atoms with Gasteiger partial charge in [0.05, 0.1) is 45.4 Å². The number of amides is 2. The molecule has 15 heteroatoms. The zero-order chi connectivity index (χ0) is 29.9. The van der Waals surface area contributed by atoms with Crippen LogP contribution in [0.5, 0.6) is 11.5 Å². The molecule has 2 aliphatic rings. The first-order chi connectivity index (χ1) is 19.5. The monoisotopic (exact) mass is 597 g/mol. The second-order valence-corrected chi connectivity index (χ2v) is 11.1. The number of hydrogen-bond donors (Lipinski definition) is 2. The molecule has 2 N–H and O–H groups in total. The molecule has 41 heavy (non-hydrogen) atoms. The Morgan fingerprint density at radius 1 is 1.07 bits per heavy atom. The van der Waals surface area contributed by atoms with Crippen molar-refractivity contribution in [3.05, 3.63) is 41.2 Å². The van der Waals surface area contributed by atoms with E-state index in [4.69, 9.17) is 18.8 Å². The van der Waals surface area contributed by atoms with Gasteiger partial charge in [-0.05, 0) is 19.9 Å². The van der Waals surface area contributed by atoms with E-state index in [0.717, 1.165) is 35.1 Å². The predicted molar refractivity (Wildman–Crippen MR) is 148 cm³/mol. The lowest BCUT2D eigenvalue weighted by atomic mass is 10.1. The summed E-state index contributed by atoms with van der Waals surface area (Å²) >= 11 is 0. The molecule has 224 valence electrons. The lowest BCUT2D eigenvalue weighted by Crippen LogP contribution is -2.48. The molecule has 0 spiro atoms.